The first-order valence-corrected chi connectivity index (χ1v) is 5.97. The number of nitrogens with two attached hydrogens (primary N) is 1. The molecule has 0 aliphatic carbocycles. The molecule has 2 N–H and O–H groups in total. The largest absolute Gasteiger partial charge is 0.399 e. The second kappa shape index (κ2) is 5.92. The minimum absolute atomic E-state index is 0.240. The summed E-state index contributed by atoms with van der Waals surface area (Å²) in [7, 11) is 0. The first kappa shape index (κ1) is 13.0. The van der Waals surface area contributed by atoms with Gasteiger partial charge >= 0.3 is 0 Å². The average Bonchev–Trinajstić information content (AvgIpc) is 2.39. The van der Waals surface area contributed by atoms with E-state index in [1.807, 2.05) is 35.2 Å². The third-order valence-electron chi connectivity index (χ3n) is 2.80. The molecule has 2 aromatic carbocycles. The quantitative estimate of drug-likeness (QED) is 0.671. The van der Waals surface area contributed by atoms with Crippen LogP contribution in [0.15, 0.2) is 48.5 Å². The van der Waals surface area contributed by atoms with E-state index >= 15 is 0 Å². The SMILES string of the molecule is C#CCN(Cc1cccc(F)c1)c1ccc(N)cc1. The van der Waals surface area contributed by atoms with Crippen LogP contribution in [0.2, 0.25) is 0 Å². The monoisotopic (exact) mass is 254 g/mol. The molecule has 0 amide bonds. The van der Waals surface area contributed by atoms with Crippen molar-refractivity contribution in [3.8, 4) is 12.3 Å². The maximum absolute atomic E-state index is 13.2. The second-order valence-electron chi connectivity index (χ2n) is 4.28. The summed E-state index contributed by atoms with van der Waals surface area (Å²) in [4.78, 5) is 1.99. The van der Waals surface area contributed by atoms with Gasteiger partial charge in [0, 0.05) is 17.9 Å². The molecule has 0 unspecified atom stereocenters. The fraction of sp³-hybridized carbons (Fsp3) is 0.125. The lowest BCUT2D eigenvalue weighted by Crippen LogP contribution is -2.22. The number of rotatable bonds is 4. The van der Waals surface area contributed by atoms with Crippen molar-refractivity contribution >= 4 is 11.4 Å². The van der Waals surface area contributed by atoms with Crippen molar-refractivity contribution in [2.75, 3.05) is 17.2 Å². The Morgan fingerprint density at radius 2 is 1.89 bits per heavy atom. The van der Waals surface area contributed by atoms with Gasteiger partial charge in [0.1, 0.15) is 5.82 Å². The Balaban J connectivity index is 2.21. The molecule has 19 heavy (non-hydrogen) atoms. The predicted molar refractivity (Wildman–Crippen MR) is 77.1 cm³/mol. The molecule has 0 saturated heterocycles. The highest BCUT2D eigenvalue weighted by molar-refractivity contribution is 5.54. The van der Waals surface area contributed by atoms with E-state index in [2.05, 4.69) is 5.92 Å². The molecule has 0 spiro atoms. The van der Waals surface area contributed by atoms with Crippen molar-refractivity contribution in [2.24, 2.45) is 0 Å². The van der Waals surface area contributed by atoms with E-state index in [1.165, 1.54) is 12.1 Å². The molecule has 0 atom stereocenters. The summed E-state index contributed by atoms with van der Waals surface area (Å²) in [6, 6.07) is 14.0. The molecule has 0 saturated carbocycles. The zero-order valence-corrected chi connectivity index (χ0v) is 10.5. The highest BCUT2D eigenvalue weighted by Gasteiger charge is 2.06. The summed E-state index contributed by atoms with van der Waals surface area (Å²) in [5.41, 5.74) is 8.22. The van der Waals surface area contributed by atoms with Crippen LogP contribution in [0, 0.1) is 18.2 Å². The van der Waals surface area contributed by atoms with E-state index in [0.717, 1.165) is 11.3 Å². The van der Waals surface area contributed by atoms with Gasteiger partial charge in [0.15, 0.2) is 0 Å². The normalized spacial score (nSPS) is 9.89. The second-order valence-corrected chi connectivity index (χ2v) is 4.28. The van der Waals surface area contributed by atoms with E-state index in [-0.39, 0.29) is 5.82 Å². The molecule has 0 heterocycles. The zero-order chi connectivity index (χ0) is 13.7. The molecule has 0 bridgehead atoms. The van der Waals surface area contributed by atoms with E-state index in [0.29, 0.717) is 18.8 Å². The number of hydrogen-bond donors (Lipinski definition) is 1. The molecule has 0 aliphatic heterocycles. The van der Waals surface area contributed by atoms with Crippen LogP contribution in [-0.4, -0.2) is 6.54 Å². The van der Waals surface area contributed by atoms with Crippen LogP contribution in [0.4, 0.5) is 15.8 Å². The van der Waals surface area contributed by atoms with Crippen molar-refractivity contribution in [2.45, 2.75) is 6.54 Å². The number of terminal acetylenes is 1. The lowest BCUT2D eigenvalue weighted by molar-refractivity contribution is 0.625. The standard InChI is InChI=1S/C16H15FN2/c1-2-10-19(16-8-6-15(18)7-9-16)12-13-4-3-5-14(17)11-13/h1,3-9,11H,10,12,18H2. The van der Waals surface area contributed by atoms with Gasteiger partial charge in [-0.15, -0.1) is 6.42 Å². The zero-order valence-electron chi connectivity index (χ0n) is 10.5. The lowest BCUT2D eigenvalue weighted by atomic mass is 10.2. The molecule has 0 fully saturated rings. The third kappa shape index (κ3) is 3.49. The number of hydrogen-bond acceptors (Lipinski definition) is 2. The van der Waals surface area contributed by atoms with Gasteiger partial charge < -0.3 is 10.6 Å². The Labute approximate surface area is 112 Å². The molecule has 2 aromatic rings. The van der Waals surface area contributed by atoms with Crippen molar-refractivity contribution in [1.29, 1.82) is 0 Å². The van der Waals surface area contributed by atoms with Gasteiger partial charge in [-0.2, -0.15) is 0 Å². The van der Waals surface area contributed by atoms with Gasteiger partial charge in [0.05, 0.1) is 6.54 Å². The van der Waals surface area contributed by atoms with Crippen molar-refractivity contribution in [3.63, 3.8) is 0 Å². The van der Waals surface area contributed by atoms with E-state index in [4.69, 9.17) is 12.2 Å². The molecular formula is C16H15FN2. The van der Waals surface area contributed by atoms with Gasteiger partial charge in [-0.1, -0.05) is 18.1 Å². The van der Waals surface area contributed by atoms with Gasteiger partial charge in [0.25, 0.3) is 0 Å². The minimum Gasteiger partial charge on any atom is -0.399 e. The first-order valence-electron chi connectivity index (χ1n) is 5.97. The highest BCUT2D eigenvalue weighted by Crippen LogP contribution is 2.19. The molecule has 0 aromatic heterocycles. The maximum atomic E-state index is 13.2. The summed E-state index contributed by atoms with van der Waals surface area (Å²) >= 11 is 0. The van der Waals surface area contributed by atoms with Gasteiger partial charge in [-0.05, 0) is 42.0 Å². The average molecular weight is 254 g/mol. The third-order valence-corrected chi connectivity index (χ3v) is 2.80. The van der Waals surface area contributed by atoms with Gasteiger partial charge in [-0.25, -0.2) is 4.39 Å². The number of nitrogen functional groups attached to an aromatic ring is 1. The van der Waals surface area contributed by atoms with Crippen LogP contribution >= 0.6 is 0 Å². The van der Waals surface area contributed by atoms with Crippen molar-refractivity contribution in [1.82, 2.24) is 0 Å². The van der Waals surface area contributed by atoms with Crippen LogP contribution in [0.25, 0.3) is 0 Å². The molecule has 2 rings (SSSR count). The number of nitrogens with zero attached hydrogens (tertiary/aromatic N) is 1. The van der Waals surface area contributed by atoms with Crippen molar-refractivity contribution in [3.05, 3.63) is 59.9 Å². The summed E-state index contributed by atoms with van der Waals surface area (Å²) in [6.07, 6.45) is 5.39. The summed E-state index contributed by atoms with van der Waals surface area (Å²) in [5, 5.41) is 0. The fourth-order valence-corrected chi connectivity index (χ4v) is 1.89. The topological polar surface area (TPSA) is 29.3 Å². The lowest BCUT2D eigenvalue weighted by Gasteiger charge is -2.22. The molecule has 0 radical (unpaired) electrons. The smallest absolute Gasteiger partial charge is 0.123 e. The summed E-state index contributed by atoms with van der Waals surface area (Å²) in [5.74, 6) is 2.38. The first-order chi connectivity index (χ1) is 9.19. The number of halogens is 1. The molecular weight excluding hydrogens is 239 g/mol. The Kier molecular flexibility index (Phi) is 4.04. The number of benzene rings is 2. The molecule has 0 aliphatic rings. The van der Waals surface area contributed by atoms with Crippen LogP contribution in [0.1, 0.15) is 5.56 Å². The Morgan fingerprint density at radius 3 is 2.53 bits per heavy atom. The van der Waals surface area contributed by atoms with Crippen LogP contribution < -0.4 is 10.6 Å². The Bertz CT molecular complexity index is 584. The van der Waals surface area contributed by atoms with E-state index in [1.54, 1.807) is 6.07 Å². The number of anilines is 2. The minimum atomic E-state index is -0.240. The molecule has 96 valence electrons. The molecule has 2 nitrogen and oxygen atoms in total. The van der Waals surface area contributed by atoms with E-state index < -0.39 is 0 Å². The Morgan fingerprint density at radius 1 is 1.16 bits per heavy atom. The van der Waals surface area contributed by atoms with Gasteiger partial charge in [0.2, 0.25) is 0 Å². The summed E-state index contributed by atoms with van der Waals surface area (Å²) in [6.45, 7) is 1.02. The fourth-order valence-electron chi connectivity index (χ4n) is 1.89. The van der Waals surface area contributed by atoms with Crippen LogP contribution in [-0.2, 0) is 6.54 Å². The van der Waals surface area contributed by atoms with Gasteiger partial charge in [-0.3, -0.25) is 0 Å². The molecule has 3 heteroatoms. The van der Waals surface area contributed by atoms with Crippen molar-refractivity contribution < 1.29 is 4.39 Å². The van der Waals surface area contributed by atoms with Crippen LogP contribution in [0.5, 0.6) is 0 Å². The maximum Gasteiger partial charge on any atom is 0.123 e. The Hall–Kier alpha value is -2.47. The predicted octanol–water partition coefficient (Wildman–Crippen LogP) is 3.05. The highest BCUT2D eigenvalue weighted by atomic mass is 19.1. The summed E-state index contributed by atoms with van der Waals surface area (Å²) < 4.78 is 13.2. The van der Waals surface area contributed by atoms with E-state index in [9.17, 15) is 4.39 Å². The van der Waals surface area contributed by atoms with Crippen LogP contribution in [0.3, 0.4) is 0 Å².